The monoisotopic (exact) mass is 335 g/mol. The summed E-state index contributed by atoms with van der Waals surface area (Å²) in [6.07, 6.45) is 1.42. The maximum atomic E-state index is 13.0. The van der Waals surface area contributed by atoms with E-state index in [-0.39, 0.29) is 10.6 Å². The maximum Gasteiger partial charge on any atom is 0.290 e. The lowest BCUT2D eigenvalue weighted by Gasteiger charge is -2.08. The van der Waals surface area contributed by atoms with Crippen LogP contribution < -0.4 is 0 Å². The molecule has 0 radical (unpaired) electrons. The molecule has 4 nitrogen and oxygen atoms in total. The van der Waals surface area contributed by atoms with E-state index < -0.39 is 19.8 Å². The summed E-state index contributed by atoms with van der Waals surface area (Å²) in [5.41, 5.74) is 0.939. The normalized spacial score (nSPS) is 14.0. The first-order chi connectivity index (χ1) is 10.4. The van der Waals surface area contributed by atoms with E-state index in [9.17, 15) is 12.6 Å². The summed E-state index contributed by atoms with van der Waals surface area (Å²) in [5, 5.41) is 0. The molecule has 0 spiro atoms. The van der Waals surface area contributed by atoms with Gasteiger partial charge in [-0.25, -0.2) is 4.21 Å². The highest BCUT2D eigenvalue weighted by Gasteiger charge is 2.19. The van der Waals surface area contributed by atoms with E-state index in [1.54, 1.807) is 42.5 Å². The molecule has 0 heterocycles. The molecule has 0 bridgehead atoms. The Morgan fingerprint density at radius 3 is 2.09 bits per heavy atom. The topological polar surface area (TPSA) is 63.6 Å². The Balaban J connectivity index is 2.62. The van der Waals surface area contributed by atoms with Crippen molar-refractivity contribution >= 4 is 19.8 Å². The molecule has 0 aliphatic heterocycles. The fraction of sp³-hybridized carbons (Fsp3) is 0.125. The standard InChI is InChI=1S/C16H17NO3S2/c1-3-13-21(18,15-7-5-4-6-8-15)17-22(19,20)16-11-9-14(2)10-12-16/h3-12H,1,13H2,2H3/t21-/m0/s1. The van der Waals surface area contributed by atoms with Gasteiger partial charge in [0.1, 0.15) is 0 Å². The highest BCUT2D eigenvalue weighted by molar-refractivity contribution is 8.03. The van der Waals surface area contributed by atoms with Crippen LogP contribution in [0.2, 0.25) is 0 Å². The van der Waals surface area contributed by atoms with Gasteiger partial charge in [0, 0.05) is 4.90 Å². The zero-order chi connectivity index (χ0) is 16.2. The van der Waals surface area contributed by atoms with E-state index in [2.05, 4.69) is 10.3 Å². The molecule has 0 aromatic heterocycles. The van der Waals surface area contributed by atoms with Crippen molar-refractivity contribution in [2.24, 2.45) is 3.77 Å². The van der Waals surface area contributed by atoms with Crippen molar-refractivity contribution in [2.75, 3.05) is 5.75 Å². The predicted octanol–water partition coefficient (Wildman–Crippen LogP) is 3.40. The molecule has 116 valence electrons. The lowest BCUT2D eigenvalue weighted by molar-refractivity contribution is 0.598. The zero-order valence-corrected chi connectivity index (χ0v) is 13.8. The van der Waals surface area contributed by atoms with Gasteiger partial charge in [0.25, 0.3) is 10.0 Å². The Morgan fingerprint density at radius 1 is 0.955 bits per heavy atom. The Morgan fingerprint density at radius 2 is 1.55 bits per heavy atom. The van der Waals surface area contributed by atoms with E-state index in [4.69, 9.17) is 0 Å². The first-order valence-corrected chi connectivity index (χ1v) is 9.73. The third-order valence-electron chi connectivity index (χ3n) is 2.99. The van der Waals surface area contributed by atoms with Gasteiger partial charge in [0.2, 0.25) is 0 Å². The number of sulfonamides is 1. The van der Waals surface area contributed by atoms with Gasteiger partial charge in [-0.2, -0.15) is 8.42 Å². The lowest BCUT2D eigenvalue weighted by Crippen LogP contribution is -2.09. The van der Waals surface area contributed by atoms with Gasteiger partial charge in [-0.3, -0.25) is 0 Å². The molecule has 0 amide bonds. The number of aryl methyl sites for hydroxylation is 1. The molecule has 1 atom stereocenters. The van der Waals surface area contributed by atoms with Crippen molar-refractivity contribution in [1.82, 2.24) is 0 Å². The first kappa shape index (κ1) is 16.5. The van der Waals surface area contributed by atoms with Crippen LogP contribution in [0.3, 0.4) is 0 Å². The van der Waals surface area contributed by atoms with Gasteiger partial charge in [-0.15, -0.1) is 10.3 Å². The highest BCUT2D eigenvalue weighted by atomic mass is 32.3. The number of rotatable bonds is 5. The maximum absolute atomic E-state index is 13.0. The molecule has 2 rings (SSSR count). The molecule has 0 aliphatic carbocycles. The SMILES string of the molecule is C=CC[S@@](=O)(=NS(=O)(=O)c1ccc(C)cc1)c1ccccc1. The van der Waals surface area contributed by atoms with Crippen LogP contribution in [0.25, 0.3) is 0 Å². The van der Waals surface area contributed by atoms with Crippen molar-refractivity contribution in [3.05, 3.63) is 72.8 Å². The zero-order valence-electron chi connectivity index (χ0n) is 12.2. The molecular weight excluding hydrogens is 318 g/mol. The van der Waals surface area contributed by atoms with Crippen LogP contribution >= 0.6 is 0 Å². The quantitative estimate of drug-likeness (QED) is 0.787. The van der Waals surface area contributed by atoms with Crippen molar-refractivity contribution in [3.63, 3.8) is 0 Å². The number of benzene rings is 2. The van der Waals surface area contributed by atoms with E-state index in [1.807, 2.05) is 6.92 Å². The largest absolute Gasteiger partial charge is 0.290 e. The molecule has 0 N–H and O–H groups in total. The second-order valence-electron chi connectivity index (χ2n) is 4.77. The molecule has 2 aromatic rings. The van der Waals surface area contributed by atoms with Gasteiger partial charge in [-0.1, -0.05) is 42.0 Å². The predicted molar refractivity (Wildman–Crippen MR) is 88.7 cm³/mol. The minimum absolute atomic E-state index is 0.0257. The summed E-state index contributed by atoms with van der Waals surface area (Å²) >= 11 is 0. The highest BCUT2D eigenvalue weighted by Crippen LogP contribution is 2.20. The van der Waals surface area contributed by atoms with Crippen LogP contribution in [-0.2, 0) is 19.8 Å². The second-order valence-corrected chi connectivity index (χ2v) is 8.87. The Hall–Kier alpha value is -1.92. The third kappa shape index (κ3) is 3.64. The molecule has 2 aromatic carbocycles. The summed E-state index contributed by atoms with van der Waals surface area (Å²) in [7, 11) is -7.12. The molecule has 0 unspecified atom stereocenters. The van der Waals surface area contributed by atoms with Crippen LogP contribution in [0.15, 0.2) is 80.8 Å². The van der Waals surface area contributed by atoms with Crippen LogP contribution in [0.5, 0.6) is 0 Å². The molecule has 0 saturated heterocycles. The fourth-order valence-corrected chi connectivity index (χ4v) is 5.65. The minimum atomic E-state index is -4.00. The van der Waals surface area contributed by atoms with Crippen LogP contribution in [0.4, 0.5) is 0 Å². The van der Waals surface area contributed by atoms with Crippen LogP contribution in [0, 0.1) is 6.92 Å². The smallest absolute Gasteiger partial charge is 0.243 e. The first-order valence-electron chi connectivity index (χ1n) is 6.61. The van der Waals surface area contributed by atoms with Crippen LogP contribution in [-0.4, -0.2) is 18.4 Å². The molecule has 6 heteroatoms. The van der Waals surface area contributed by atoms with Gasteiger partial charge >= 0.3 is 0 Å². The van der Waals surface area contributed by atoms with E-state index >= 15 is 0 Å². The summed E-state index contributed by atoms with van der Waals surface area (Å²) in [6, 6.07) is 14.7. The van der Waals surface area contributed by atoms with Crippen LogP contribution in [0.1, 0.15) is 5.56 Å². The van der Waals surface area contributed by atoms with Gasteiger partial charge in [-0.05, 0) is 31.2 Å². The molecule has 22 heavy (non-hydrogen) atoms. The Bertz CT molecular complexity index is 877. The second kappa shape index (κ2) is 6.46. The van der Waals surface area contributed by atoms with Crippen molar-refractivity contribution < 1.29 is 12.6 Å². The third-order valence-corrected chi connectivity index (χ3v) is 7.31. The Labute approximate surface area is 131 Å². The average molecular weight is 335 g/mol. The number of hydrogen-bond donors (Lipinski definition) is 0. The average Bonchev–Trinajstić information content (AvgIpc) is 2.48. The van der Waals surface area contributed by atoms with Crippen molar-refractivity contribution in [1.29, 1.82) is 0 Å². The summed E-state index contributed by atoms with van der Waals surface area (Å²) in [4.78, 5) is 0.413. The van der Waals surface area contributed by atoms with Crippen molar-refractivity contribution in [3.8, 4) is 0 Å². The lowest BCUT2D eigenvalue weighted by atomic mass is 10.2. The summed E-state index contributed by atoms with van der Waals surface area (Å²) in [5.74, 6) is -0.0257. The number of nitrogens with zero attached hydrogens (tertiary/aromatic N) is 1. The van der Waals surface area contributed by atoms with E-state index in [0.717, 1.165) is 5.56 Å². The summed E-state index contributed by atoms with van der Waals surface area (Å²) in [6.45, 7) is 5.41. The molecule has 0 fully saturated rings. The molecule has 0 saturated carbocycles. The Kier molecular flexibility index (Phi) is 4.83. The van der Waals surface area contributed by atoms with E-state index in [0.29, 0.717) is 4.90 Å². The minimum Gasteiger partial charge on any atom is -0.243 e. The molecular formula is C16H17NO3S2. The van der Waals surface area contributed by atoms with Gasteiger partial charge < -0.3 is 0 Å². The number of hydrogen-bond acceptors (Lipinski definition) is 3. The van der Waals surface area contributed by atoms with Crippen molar-refractivity contribution in [2.45, 2.75) is 16.7 Å². The van der Waals surface area contributed by atoms with Gasteiger partial charge in [0.05, 0.1) is 20.4 Å². The molecule has 0 aliphatic rings. The fourth-order valence-electron chi connectivity index (χ4n) is 1.87. The summed E-state index contributed by atoms with van der Waals surface area (Å²) < 4.78 is 41.6. The van der Waals surface area contributed by atoms with Gasteiger partial charge in [0.15, 0.2) is 0 Å². The van der Waals surface area contributed by atoms with E-state index in [1.165, 1.54) is 18.2 Å².